The van der Waals surface area contributed by atoms with Crippen molar-refractivity contribution in [1.29, 1.82) is 0 Å². The topological polar surface area (TPSA) is 157 Å². The number of nitrogens with zero attached hydrogens (tertiary/aromatic N) is 7. The van der Waals surface area contributed by atoms with Gasteiger partial charge in [-0.3, -0.25) is 14.4 Å². The molecule has 51 heavy (non-hydrogen) atoms. The Morgan fingerprint density at radius 2 is 2.04 bits per heavy atom. The number of aromatic nitrogens is 6. The fraction of sp³-hybridized carbons (Fsp3) is 0.424. The molecule has 18 heteroatoms. The van der Waals surface area contributed by atoms with Crippen LogP contribution in [-0.4, -0.2) is 83.4 Å². The summed E-state index contributed by atoms with van der Waals surface area (Å²) in [5, 5.41) is 17.2. The molecule has 13 nitrogen and oxygen atoms in total. The molecule has 2 N–H and O–H groups in total. The zero-order chi connectivity index (χ0) is 36.0. The first-order valence-corrected chi connectivity index (χ1v) is 16.6. The molecule has 2 aliphatic heterocycles. The molecule has 1 saturated carbocycles. The highest BCUT2D eigenvalue weighted by Crippen LogP contribution is 2.68. The molecule has 3 aromatic heterocycles. The van der Waals surface area contributed by atoms with E-state index in [9.17, 15) is 32.7 Å². The number of aromatic hydroxyl groups is 1. The number of anilines is 1. The Labute approximate surface area is 290 Å². The van der Waals surface area contributed by atoms with Gasteiger partial charge in [0.1, 0.15) is 19.0 Å². The quantitative estimate of drug-likeness (QED) is 0.290. The Balaban J connectivity index is 1.19. The molecule has 266 valence electrons. The number of nitrogens with one attached hydrogen (secondary N) is 1. The molecular weight excluding hydrogens is 700 g/mol. The summed E-state index contributed by atoms with van der Waals surface area (Å²) in [7, 11) is 0. The largest absolute Gasteiger partial charge is 0.504 e. The number of aryl methyl sites for hydroxylation is 1. The lowest BCUT2D eigenvalue weighted by molar-refractivity contribution is -0.137. The highest BCUT2D eigenvalue weighted by atomic mass is 35.5. The van der Waals surface area contributed by atoms with Gasteiger partial charge in [0, 0.05) is 29.1 Å². The van der Waals surface area contributed by atoms with Crippen molar-refractivity contribution in [2.45, 2.75) is 56.4 Å². The maximum atomic E-state index is 16.8. The number of hydrogen-bond acceptors (Lipinski definition) is 9. The third kappa shape index (κ3) is 5.27. The summed E-state index contributed by atoms with van der Waals surface area (Å²) >= 11 is 6.12. The van der Waals surface area contributed by atoms with Gasteiger partial charge in [0.25, 0.3) is 11.5 Å². The van der Waals surface area contributed by atoms with Gasteiger partial charge in [0.2, 0.25) is 11.7 Å². The van der Waals surface area contributed by atoms with Crippen LogP contribution in [0.15, 0.2) is 35.4 Å². The molecule has 4 aliphatic rings. The number of alkyl halides is 4. The summed E-state index contributed by atoms with van der Waals surface area (Å²) in [5.74, 6) is -2.03. The van der Waals surface area contributed by atoms with Crippen molar-refractivity contribution in [2.75, 3.05) is 31.6 Å². The number of ether oxygens (including phenoxy) is 1. The minimum absolute atomic E-state index is 0.0511. The van der Waals surface area contributed by atoms with E-state index in [-0.39, 0.29) is 70.6 Å². The van der Waals surface area contributed by atoms with Gasteiger partial charge >= 0.3 is 6.18 Å². The van der Waals surface area contributed by atoms with Crippen molar-refractivity contribution in [3.8, 4) is 5.75 Å². The Kier molecular flexibility index (Phi) is 7.72. The van der Waals surface area contributed by atoms with Crippen LogP contribution in [-0.2, 0) is 27.7 Å². The average Bonchev–Trinajstić information content (AvgIpc) is 3.67. The monoisotopic (exact) mass is 728 g/mol. The van der Waals surface area contributed by atoms with Crippen molar-refractivity contribution in [2.24, 2.45) is 5.92 Å². The van der Waals surface area contributed by atoms with Crippen LogP contribution >= 0.6 is 11.6 Å². The number of benzene rings is 1. The zero-order valence-electron chi connectivity index (χ0n) is 26.9. The Bertz CT molecular complexity index is 2240. The molecule has 0 radical (unpaired) electrons. The van der Waals surface area contributed by atoms with E-state index in [0.29, 0.717) is 37.8 Å². The van der Waals surface area contributed by atoms with Crippen LogP contribution < -0.4 is 10.9 Å². The Morgan fingerprint density at radius 3 is 2.75 bits per heavy atom. The molecule has 4 aromatic rings. The standard InChI is InChI=1S/C33H29ClF4N8O5/c1-15-27(48)25(40-14-39-15)30(50)44-7-6-32(22(35)12-44)19-11-18(19)26-24(32)29(49)46-31(42-28(43-46)16-4-8-51-9-5-16)45(26)13-23(47)41-21-3-2-17(10-20(21)34)33(36,37)38/h2-4,10,14,18-19,22,48H,5-9,11-13H2,1H3,(H,41,47)/t18-,19+,22+,32?/m1/s1. The highest BCUT2D eigenvalue weighted by Gasteiger charge is 2.68. The van der Waals surface area contributed by atoms with Crippen LogP contribution in [0.3, 0.4) is 0 Å². The van der Waals surface area contributed by atoms with E-state index in [1.54, 1.807) is 6.08 Å². The number of halogens is 5. The molecule has 2 fully saturated rings. The molecule has 1 spiro atoms. The molecular formula is C33H29ClF4N8O5. The molecule has 8 rings (SSSR count). The second-order valence-electron chi connectivity index (χ2n) is 13.2. The SMILES string of the molecule is Cc1ncnc(C(=O)N2CCC3(c4c(n(CC(=O)Nc5ccc(C(F)(F)F)cc5Cl)c5nc(C6=CCOCC6)nn5c4=O)[C@@H]4C[C@@H]43)[C@@H](F)C2)c1O. The minimum atomic E-state index is -4.63. The number of piperidine rings is 1. The van der Waals surface area contributed by atoms with Crippen LogP contribution in [0.2, 0.25) is 5.02 Å². The Hall–Kier alpha value is -4.90. The predicted molar refractivity (Wildman–Crippen MR) is 172 cm³/mol. The second-order valence-corrected chi connectivity index (χ2v) is 13.6. The lowest BCUT2D eigenvalue weighted by Gasteiger charge is -2.43. The van der Waals surface area contributed by atoms with Crippen LogP contribution in [0.25, 0.3) is 11.4 Å². The van der Waals surface area contributed by atoms with Crippen LogP contribution in [0.5, 0.6) is 5.75 Å². The highest BCUT2D eigenvalue weighted by molar-refractivity contribution is 6.33. The van der Waals surface area contributed by atoms with Gasteiger partial charge in [-0.1, -0.05) is 17.7 Å². The predicted octanol–water partition coefficient (Wildman–Crippen LogP) is 4.05. The number of amides is 2. The third-order valence-electron chi connectivity index (χ3n) is 10.4. The fourth-order valence-corrected chi connectivity index (χ4v) is 8.11. The van der Waals surface area contributed by atoms with Gasteiger partial charge in [0.15, 0.2) is 17.3 Å². The van der Waals surface area contributed by atoms with Crippen molar-refractivity contribution in [3.63, 3.8) is 0 Å². The molecule has 1 saturated heterocycles. The lowest BCUT2D eigenvalue weighted by Crippen LogP contribution is -2.55. The first-order chi connectivity index (χ1) is 24.3. The van der Waals surface area contributed by atoms with E-state index in [0.717, 1.165) is 28.5 Å². The van der Waals surface area contributed by atoms with Crippen molar-refractivity contribution in [1.82, 2.24) is 34.0 Å². The van der Waals surface area contributed by atoms with Crippen molar-refractivity contribution >= 4 is 40.5 Å². The first-order valence-electron chi connectivity index (χ1n) is 16.2. The number of likely N-dealkylation sites (tertiary alicyclic amines) is 1. The van der Waals surface area contributed by atoms with Crippen molar-refractivity contribution < 1.29 is 37.0 Å². The second kappa shape index (κ2) is 11.8. The van der Waals surface area contributed by atoms with Gasteiger partial charge in [-0.15, -0.1) is 5.10 Å². The molecule has 4 atom stereocenters. The van der Waals surface area contributed by atoms with E-state index in [1.165, 1.54) is 16.4 Å². The molecule has 2 amide bonds. The first kappa shape index (κ1) is 33.3. The minimum Gasteiger partial charge on any atom is -0.504 e. The van der Waals surface area contributed by atoms with Gasteiger partial charge in [-0.05, 0) is 55.9 Å². The maximum absolute atomic E-state index is 16.8. The summed E-state index contributed by atoms with van der Waals surface area (Å²) in [6.45, 7) is 1.50. The maximum Gasteiger partial charge on any atom is 0.416 e. The summed E-state index contributed by atoms with van der Waals surface area (Å²) in [5.41, 5.74) is -1.63. The zero-order valence-corrected chi connectivity index (χ0v) is 27.6. The van der Waals surface area contributed by atoms with Crippen LogP contribution in [0, 0.1) is 12.8 Å². The fourth-order valence-electron chi connectivity index (χ4n) is 7.88. The number of carbonyl (C=O) groups is 2. The average molecular weight is 729 g/mol. The van der Waals surface area contributed by atoms with Crippen LogP contribution in [0.1, 0.15) is 64.0 Å². The molecule has 1 unspecified atom stereocenters. The normalized spacial score (nSPS) is 24.0. The van der Waals surface area contributed by atoms with Gasteiger partial charge in [0.05, 0.1) is 41.7 Å². The lowest BCUT2D eigenvalue weighted by atomic mass is 9.70. The number of rotatable bonds is 5. The van der Waals surface area contributed by atoms with Crippen molar-refractivity contribution in [3.05, 3.63) is 80.0 Å². The van der Waals surface area contributed by atoms with E-state index < -0.39 is 53.0 Å². The van der Waals surface area contributed by atoms with Crippen LogP contribution in [0.4, 0.5) is 23.2 Å². The third-order valence-corrected chi connectivity index (χ3v) is 10.7. The van der Waals surface area contributed by atoms with E-state index >= 15 is 4.39 Å². The summed E-state index contributed by atoms with van der Waals surface area (Å²) in [6, 6.07) is 2.56. The molecule has 5 heterocycles. The number of fused-ring (bicyclic) bond motifs is 6. The number of hydrogen-bond donors (Lipinski definition) is 2. The molecule has 1 aromatic carbocycles. The Morgan fingerprint density at radius 1 is 1.24 bits per heavy atom. The summed E-state index contributed by atoms with van der Waals surface area (Å²) in [4.78, 5) is 55.1. The molecule has 0 bridgehead atoms. The molecule has 2 aliphatic carbocycles. The summed E-state index contributed by atoms with van der Waals surface area (Å²) < 4.78 is 64.5. The smallest absolute Gasteiger partial charge is 0.416 e. The van der Waals surface area contributed by atoms with Gasteiger partial charge in [-0.25, -0.2) is 14.4 Å². The van der Waals surface area contributed by atoms with E-state index in [2.05, 4.69) is 25.4 Å². The van der Waals surface area contributed by atoms with Gasteiger partial charge in [-0.2, -0.15) is 22.7 Å². The van der Waals surface area contributed by atoms with E-state index in [1.807, 2.05) is 0 Å². The van der Waals surface area contributed by atoms with Gasteiger partial charge < -0.3 is 24.6 Å². The summed E-state index contributed by atoms with van der Waals surface area (Å²) in [6.07, 6.45) is -2.32. The number of carbonyl (C=O) groups excluding carboxylic acids is 2. The van der Waals surface area contributed by atoms with E-state index in [4.69, 9.17) is 16.3 Å².